The van der Waals surface area contributed by atoms with Gasteiger partial charge in [0.1, 0.15) is 6.61 Å². The molecule has 0 fully saturated rings. The van der Waals surface area contributed by atoms with E-state index in [0.29, 0.717) is 26.4 Å². The molecular weight excluding hydrogens is 340 g/mol. The molecule has 0 radical (unpaired) electrons. The Balaban J connectivity index is 2.32. The number of benzene rings is 1. The molecule has 0 spiro atoms. The summed E-state index contributed by atoms with van der Waals surface area (Å²) in [6, 6.07) is 8.44. The van der Waals surface area contributed by atoms with Gasteiger partial charge >= 0.3 is 0 Å². The molecule has 0 bridgehead atoms. The Bertz CT molecular complexity index is 546. The maximum Gasteiger partial charge on any atom is 0.111 e. The van der Waals surface area contributed by atoms with Gasteiger partial charge in [0.05, 0.1) is 39.0 Å². The molecule has 4 heteroatoms. The summed E-state index contributed by atoms with van der Waals surface area (Å²) in [5.41, 5.74) is 4.54. The Labute approximate surface area is 165 Å². The quantitative estimate of drug-likeness (QED) is 0.291. The van der Waals surface area contributed by atoms with Gasteiger partial charge in [0.25, 0.3) is 0 Å². The summed E-state index contributed by atoms with van der Waals surface area (Å²) in [5, 5.41) is 0. The lowest BCUT2D eigenvalue weighted by Crippen LogP contribution is -2.08. The van der Waals surface area contributed by atoms with Gasteiger partial charge in [-0.2, -0.15) is 0 Å². The minimum Gasteiger partial charge on any atom is -0.501 e. The zero-order chi connectivity index (χ0) is 19.7. The van der Waals surface area contributed by atoms with Crippen molar-refractivity contribution >= 4 is 11.1 Å². The minimum absolute atomic E-state index is 0.542. The van der Waals surface area contributed by atoms with Gasteiger partial charge in [-0.3, -0.25) is 0 Å². The second-order valence-electron chi connectivity index (χ2n) is 6.50. The van der Waals surface area contributed by atoms with Crippen LogP contribution in [0.25, 0.3) is 11.1 Å². The topological polar surface area (TPSA) is 36.9 Å². The van der Waals surface area contributed by atoms with Crippen molar-refractivity contribution in [2.24, 2.45) is 0 Å². The predicted molar refractivity (Wildman–Crippen MR) is 112 cm³/mol. The highest BCUT2D eigenvalue weighted by Crippen LogP contribution is 2.19. The standard InChI is InChI=1S/C23H36O4/c1-5-7-13-26-18-20(3)22-8-10-23(11-9-22)21(4)19-27-17-16-25-15-14-24-12-6-2/h8-11,18-19H,5-7,12-17H2,1-4H3/b20-18+,21-19+. The largest absolute Gasteiger partial charge is 0.501 e. The molecular formula is C23H36O4. The summed E-state index contributed by atoms with van der Waals surface area (Å²) in [4.78, 5) is 0. The van der Waals surface area contributed by atoms with Gasteiger partial charge in [0.2, 0.25) is 0 Å². The zero-order valence-electron chi connectivity index (χ0n) is 17.5. The molecule has 0 atom stereocenters. The second kappa shape index (κ2) is 15.3. The maximum atomic E-state index is 5.57. The minimum atomic E-state index is 0.542. The lowest BCUT2D eigenvalue weighted by molar-refractivity contribution is 0.0309. The maximum absolute atomic E-state index is 5.57. The monoisotopic (exact) mass is 376 g/mol. The van der Waals surface area contributed by atoms with Crippen LogP contribution in [0, 0.1) is 0 Å². The first-order chi connectivity index (χ1) is 13.2. The Morgan fingerprint density at radius 1 is 0.667 bits per heavy atom. The highest BCUT2D eigenvalue weighted by atomic mass is 16.5. The van der Waals surface area contributed by atoms with E-state index >= 15 is 0 Å². The zero-order valence-corrected chi connectivity index (χ0v) is 17.5. The fourth-order valence-electron chi connectivity index (χ4n) is 2.30. The van der Waals surface area contributed by atoms with Gasteiger partial charge in [-0.25, -0.2) is 0 Å². The van der Waals surface area contributed by atoms with E-state index < -0.39 is 0 Å². The molecule has 0 aliphatic carbocycles. The molecule has 27 heavy (non-hydrogen) atoms. The molecule has 152 valence electrons. The van der Waals surface area contributed by atoms with Crippen molar-refractivity contribution in [3.63, 3.8) is 0 Å². The fraction of sp³-hybridized carbons (Fsp3) is 0.565. The average molecular weight is 377 g/mol. The van der Waals surface area contributed by atoms with Crippen LogP contribution < -0.4 is 0 Å². The third-order valence-corrected chi connectivity index (χ3v) is 4.00. The van der Waals surface area contributed by atoms with E-state index in [2.05, 4.69) is 45.0 Å². The summed E-state index contributed by atoms with van der Waals surface area (Å²) >= 11 is 0. The van der Waals surface area contributed by atoms with Crippen LogP contribution >= 0.6 is 0 Å². The molecule has 0 unspecified atom stereocenters. The summed E-state index contributed by atoms with van der Waals surface area (Å²) < 4.78 is 22.0. The number of ether oxygens (including phenoxy) is 4. The second-order valence-corrected chi connectivity index (χ2v) is 6.50. The van der Waals surface area contributed by atoms with Crippen molar-refractivity contribution in [1.82, 2.24) is 0 Å². The Hall–Kier alpha value is -1.78. The van der Waals surface area contributed by atoms with Crippen LogP contribution in [0.5, 0.6) is 0 Å². The SMILES string of the molecule is CCCCO/C=C(\C)c1ccc(/C(C)=C/OCCOCCOCCC)cc1. The van der Waals surface area contributed by atoms with Crippen molar-refractivity contribution in [3.05, 3.63) is 47.9 Å². The van der Waals surface area contributed by atoms with Crippen LogP contribution in [-0.4, -0.2) is 39.6 Å². The van der Waals surface area contributed by atoms with E-state index in [-0.39, 0.29) is 0 Å². The van der Waals surface area contributed by atoms with E-state index in [1.54, 1.807) is 6.26 Å². The molecule has 0 heterocycles. The van der Waals surface area contributed by atoms with Crippen LogP contribution in [0.15, 0.2) is 36.8 Å². The summed E-state index contributed by atoms with van der Waals surface area (Å²) in [7, 11) is 0. The fourth-order valence-corrected chi connectivity index (χ4v) is 2.30. The van der Waals surface area contributed by atoms with Gasteiger partial charge in [-0.1, -0.05) is 44.5 Å². The van der Waals surface area contributed by atoms with Gasteiger partial charge < -0.3 is 18.9 Å². The van der Waals surface area contributed by atoms with Crippen LogP contribution in [0.2, 0.25) is 0 Å². The van der Waals surface area contributed by atoms with Crippen molar-refractivity contribution in [1.29, 1.82) is 0 Å². The summed E-state index contributed by atoms with van der Waals surface area (Å²) in [6.07, 6.45) is 6.92. The number of rotatable bonds is 15. The van der Waals surface area contributed by atoms with E-state index in [1.165, 1.54) is 5.56 Å². The van der Waals surface area contributed by atoms with Crippen molar-refractivity contribution in [2.75, 3.05) is 39.6 Å². The summed E-state index contributed by atoms with van der Waals surface area (Å²) in [5.74, 6) is 0. The molecule has 4 nitrogen and oxygen atoms in total. The van der Waals surface area contributed by atoms with Crippen molar-refractivity contribution in [3.8, 4) is 0 Å². The third kappa shape index (κ3) is 10.8. The molecule has 0 aliphatic rings. The lowest BCUT2D eigenvalue weighted by Gasteiger charge is -2.08. The molecule has 0 aliphatic heterocycles. The highest BCUT2D eigenvalue weighted by Gasteiger charge is 2.00. The number of unbranched alkanes of at least 4 members (excludes halogenated alkanes) is 1. The van der Waals surface area contributed by atoms with Gasteiger partial charge in [-0.15, -0.1) is 0 Å². The molecule has 1 aromatic carbocycles. The van der Waals surface area contributed by atoms with E-state index in [1.807, 2.05) is 13.2 Å². The van der Waals surface area contributed by atoms with Gasteiger partial charge in [0.15, 0.2) is 0 Å². The number of hydrogen-bond donors (Lipinski definition) is 0. The number of allylic oxidation sites excluding steroid dienone is 2. The Kier molecular flexibility index (Phi) is 13.2. The highest BCUT2D eigenvalue weighted by molar-refractivity contribution is 5.68. The normalized spacial score (nSPS) is 12.3. The van der Waals surface area contributed by atoms with E-state index in [4.69, 9.17) is 18.9 Å². The first kappa shape index (κ1) is 23.3. The molecule has 0 saturated carbocycles. The lowest BCUT2D eigenvalue weighted by atomic mass is 10.0. The van der Waals surface area contributed by atoms with E-state index in [9.17, 15) is 0 Å². The Morgan fingerprint density at radius 3 is 1.67 bits per heavy atom. The van der Waals surface area contributed by atoms with Gasteiger partial charge in [-0.05, 0) is 49.0 Å². The Morgan fingerprint density at radius 2 is 1.15 bits per heavy atom. The molecule has 1 rings (SSSR count). The molecule has 1 aromatic rings. The summed E-state index contributed by atoms with van der Waals surface area (Å²) in [6.45, 7) is 12.3. The van der Waals surface area contributed by atoms with E-state index in [0.717, 1.165) is 49.2 Å². The third-order valence-electron chi connectivity index (χ3n) is 4.00. The first-order valence-electron chi connectivity index (χ1n) is 10.0. The van der Waals surface area contributed by atoms with Crippen LogP contribution in [0.1, 0.15) is 58.1 Å². The molecule has 0 N–H and O–H groups in total. The molecule has 0 amide bonds. The first-order valence-corrected chi connectivity index (χ1v) is 10.0. The average Bonchev–Trinajstić information content (AvgIpc) is 2.69. The van der Waals surface area contributed by atoms with Crippen LogP contribution in [0.3, 0.4) is 0 Å². The van der Waals surface area contributed by atoms with Crippen molar-refractivity contribution < 1.29 is 18.9 Å². The van der Waals surface area contributed by atoms with Crippen molar-refractivity contribution in [2.45, 2.75) is 47.0 Å². The molecule has 0 saturated heterocycles. The smallest absolute Gasteiger partial charge is 0.111 e. The van der Waals surface area contributed by atoms with Crippen LogP contribution in [-0.2, 0) is 18.9 Å². The predicted octanol–water partition coefficient (Wildman–Crippen LogP) is 5.68. The van der Waals surface area contributed by atoms with Crippen LogP contribution in [0.4, 0.5) is 0 Å². The number of hydrogen-bond acceptors (Lipinski definition) is 4. The molecule has 0 aromatic heterocycles. The van der Waals surface area contributed by atoms with Gasteiger partial charge in [0, 0.05) is 6.61 Å².